The maximum absolute atomic E-state index is 12.4. The molecule has 106 valence electrons. The molecule has 7 heteroatoms. The average molecular weight is 303 g/mol. The number of thiophene rings is 1. The molecule has 0 atom stereocenters. The zero-order chi connectivity index (χ0) is 14.2. The molecule has 0 spiro atoms. The standard InChI is InChI=1S/C12H17NO4S2/c1-7-4-9(5-7)13-19(15,16)11-8(2)6-18-10(11)12(14)17-3/h6-7,9,13H,4-5H2,1-3H3. The topological polar surface area (TPSA) is 72.5 Å². The van der Waals surface area contributed by atoms with E-state index >= 15 is 0 Å². The minimum absolute atomic E-state index is 0.0233. The van der Waals surface area contributed by atoms with Gasteiger partial charge in [0.15, 0.2) is 0 Å². The number of ether oxygens (including phenoxy) is 1. The van der Waals surface area contributed by atoms with Gasteiger partial charge in [-0.25, -0.2) is 17.9 Å². The summed E-state index contributed by atoms with van der Waals surface area (Å²) >= 11 is 1.10. The van der Waals surface area contributed by atoms with Gasteiger partial charge < -0.3 is 4.74 Å². The first-order valence-corrected chi connectivity index (χ1v) is 8.40. The lowest BCUT2D eigenvalue weighted by atomic mass is 9.83. The van der Waals surface area contributed by atoms with Crippen molar-refractivity contribution in [2.24, 2.45) is 5.92 Å². The van der Waals surface area contributed by atoms with Crippen molar-refractivity contribution in [1.29, 1.82) is 0 Å². The smallest absolute Gasteiger partial charge is 0.349 e. The minimum Gasteiger partial charge on any atom is -0.465 e. The van der Waals surface area contributed by atoms with Gasteiger partial charge in [-0.05, 0) is 36.6 Å². The summed E-state index contributed by atoms with van der Waals surface area (Å²) in [6.45, 7) is 3.77. The van der Waals surface area contributed by atoms with E-state index in [0.717, 1.165) is 24.2 Å². The second-order valence-electron chi connectivity index (χ2n) is 4.96. The summed E-state index contributed by atoms with van der Waals surface area (Å²) in [6.07, 6.45) is 1.69. The third-order valence-corrected chi connectivity index (χ3v) is 6.17. The van der Waals surface area contributed by atoms with E-state index in [4.69, 9.17) is 0 Å². The predicted molar refractivity (Wildman–Crippen MR) is 72.9 cm³/mol. The van der Waals surface area contributed by atoms with Crippen LogP contribution in [-0.4, -0.2) is 27.5 Å². The fourth-order valence-electron chi connectivity index (χ4n) is 2.28. The third-order valence-electron chi connectivity index (χ3n) is 3.25. The van der Waals surface area contributed by atoms with Gasteiger partial charge in [-0.1, -0.05) is 6.92 Å². The number of nitrogens with one attached hydrogen (secondary N) is 1. The summed E-state index contributed by atoms with van der Waals surface area (Å²) in [5.41, 5.74) is 0.574. The molecule has 5 nitrogen and oxygen atoms in total. The number of carbonyl (C=O) groups excluding carboxylic acids is 1. The van der Waals surface area contributed by atoms with Crippen LogP contribution in [0.5, 0.6) is 0 Å². The summed E-state index contributed by atoms with van der Waals surface area (Å²) in [5, 5.41) is 1.66. The molecular weight excluding hydrogens is 286 g/mol. The van der Waals surface area contributed by atoms with E-state index in [1.165, 1.54) is 7.11 Å². The monoisotopic (exact) mass is 303 g/mol. The molecule has 1 aliphatic carbocycles. The zero-order valence-corrected chi connectivity index (χ0v) is 12.7. The number of sulfonamides is 1. The van der Waals surface area contributed by atoms with Crippen LogP contribution in [0.15, 0.2) is 10.3 Å². The maximum Gasteiger partial charge on any atom is 0.349 e. The highest BCUT2D eigenvalue weighted by atomic mass is 32.2. The Kier molecular flexibility index (Phi) is 3.98. The molecule has 1 fully saturated rings. The molecule has 0 aliphatic heterocycles. The van der Waals surface area contributed by atoms with Crippen LogP contribution in [0.25, 0.3) is 0 Å². The van der Waals surface area contributed by atoms with Crippen LogP contribution in [0.4, 0.5) is 0 Å². The van der Waals surface area contributed by atoms with Crippen LogP contribution >= 0.6 is 11.3 Å². The third kappa shape index (κ3) is 2.82. The highest BCUT2D eigenvalue weighted by Gasteiger charge is 2.33. The van der Waals surface area contributed by atoms with Crippen LogP contribution in [-0.2, 0) is 14.8 Å². The van der Waals surface area contributed by atoms with Gasteiger partial charge in [0.1, 0.15) is 9.77 Å². The highest BCUT2D eigenvalue weighted by molar-refractivity contribution is 7.89. The van der Waals surface area contributed by atoms with Crippen LogP contribution in [0, 0.1) is 12.8 Å². The molecule has 0 unspecified atom stereocenters. The summed E-state index contributed by atoms with van der Waals surface area (Å²) in [7, 11) is -2.41. The molecule has 0 saturated heterocycles. The maximum atomic E-state index is 12.4. The Morgan fingerprint density at radius 3 is 2.63 bits per heavy atom. The first-order chi connectivity index (χ1) is 8.85. The number of methoxy groups -OCH3 is 1. The van der Waals surface area contributed by atoms with Crippen molar-refractivity contribution in [2.45, 2.75) is 37.6 Å². The largest absolute Gasteiger partial charge is 0.465 e. The van der Waals surface area contributed by atoms with Crippen molar-refractivity contribution in [3.05, 3.63) is 15.8 Å². The van der Waals surface area contributed by atoms with Gasteiger partial charge >= 0.3 is 5.97 Å². The van der Waals surface area contributed by atoms with Crippen molar-refractivity contribution >= 4 is 27.3 Å². The van der Waals surface area contributed by atoms with Crippen molar-refractivity contribution in [1.82, 2.24) is 4.72 Å². The van der Waals surface area contributed by atoms with Crippen LogP contribution in [0.3, 0.4) is 0 Å². The molecule has 0 bridgehead atoms. The Bertz CT molecular complexity index is 585. The number of hydrogen-bond acceptors (Lipinski definition) is 5. The summed E-state index contributed by atoms with van der Waals surface area (Å²) in [5.74, 6) is -0.0585. The van der Waals surface area contributed by atoms with Gasteiger partial charge in [0.05, 0.1) is 7.11 Å². The molecule has 0 aromatic carbocycles. The normalized spacial score (nSPS) is 22.9. The lowest BCUT2D eigenvalue weighted by Crippen LogP contribution is -2.43. The Balaban J connectivity index is 2.29. The molecule has 1 aliphatic rings. The van der Waals surface area contributed by atoms with Crippen molar-refractivity contribution in [3.8, 4) is 0 Å². The predicted octanol–water partition coefficient (Wildman–Crippen LogP) is 1.92. The van der Waals surface area contributed by atoms with E-state index in [1.54, 1.807) is 12.3 Å². The van der Waals surface area contributed by atoms with Crippen LogP contribution < -0.4 is 4.72 Å². The van der Waals surface area contributed by atoms with E-state index < -0.39 is 16.0 Å². The number of aryl methyl sites for hydroxylation is 1. The number of hydrogen-bond donors (Lipinski definition) is 1. The highest BCUT2D eigenvalue weighted by Crippen LogP contribution is 2.31. The Morgan fingerprint density at radius 2 is 2.11 bits per heavy atom. The van der Waals surface area contributed by atoms with Gasteiger partial charge in [0, 0.05) is 6.04 Å². The van der Waals surface area contributed by atoms with Gasteiger partial charge in [-0.3, -0.25) is 0 Å². The molecule has 0 radical (unpaired) electrons. The average Bonchev–Trinajstić information content (AvgIpc) is 2.68. The lowest BCUT2D eigenvalue weighted by molar-refractivity contribution is 0.0602. The van der Waals surface area contributed by atoms with Gasteiger partial charge in [0.2, 0.25) is 10.0 Å². The summed E-state index contributed by atoms with van der Waals surface area (Å²) < 4.78 is 32.0. The number of rotatable bonds is 4. The van der Waals surface area contributed by atoms with E-state index in [0.29, 0.717) is 11.5 Å². The Hall–Kier alpha value is -0.920. The van der Waals surface area contributed by atoms with Gasteiger partial charge in [-0.15, -0.1) is 11.3 Å². The molecule has 2 rings (SSSR count). The fraction of sp³-hybridized carbons (Fsp3) is 0.583. The number of carbonyl (C=O) groups is 1. The molecule has 0 amide bonds. The van der Waals surface area contributed by atoms with E-state index in [-0.39, 0.29) is 15.8 Å². The van der Waals surface area contributed by atoms with Gasteiger partial charge in [0.25, 0.3) is 0 Å². The Morgan fingerprint density at radius 1 is 1.47 bits per heavy atom. The number of esters is 1. The molecular formula is C12H17NO4S2. The fourth-order valence-corrected chi connectivity index (χ4v) is 5.25. The van der Waals surface area contributed by atoms with E-state index in [9.17, 15) is 13.2 Å². The van der Waals surface area contributed by atoms with Crippen LogP contribution in [0.1, 0.15) is 35.0 Å². The van der Waals surface area contributed by atoms with Crippen molar-refractivity contribution < 1.29 is 17.9 Å². The first kappa shape index (κ1) is 14.5. The molecule has 1 saturated carbocycles. The second-order valence-corrected chi connectivity index (χ2v) is 7.49. The molecule has 19 heavy (non-hydrogen) atoms. The quantitative estimate of drug-likeness (QED) is 0.863. The van der Waals surface area contributed by atoms with E-state index in [1.807, 2.05) is 0 Å². The van der Waals surface area contributed by atoms with Gasteiger partial charge in [-0.2, -0.15) is 0 Å². The SMILES string of the molecule is COC(=O)c1scc(C)c1S(=O)(=O)NC1CC(C)C1. The summed E-state index contributed by atoms with van der Waals surface area (Å²) in [6, 6.07) is -0.0233. The van der Waals surface area contributed by atoms with Crippen molar-refractivity contribution in [2.75, 3.05) is 7.11 Å². The molecule has 1 heterocycles. The van der Waals surface area contributed by atoms with Crippen molar-refractivity contribution in [3.63, 3.8) is 0 Å². The summed E-state index contributed by atoms with van der Waals surface area (Å²) in [4.78, 5) is 11.8. The molecule has 1 aromatic heterocycles. The minimum atomic E-state index is -3.66. The van der Waals surface area contributed by atoms with Crippen LogP contribution in [0.2, 0.25) is 0 Å². The first-order valence-electron chi connectivity index (χ1n) is 6.04. The lowest BCUT2D eigenvalue weighted by Gasteiger charge is -2.32. The molecule has 1 aromatic rings. The Labute approximate surface area is 117 Å². The zero-order valence-electron chi connectivity index (χ0n) is 11.1. The second kappa shape index (κ2) is 5.22. The molecule has 1 N–H and O–H groups in total. The van der Waals surface area contributed by atoms with E-state index in [2.05, 4.69) is 16.4 Å².